The third-order valence-corrected chi connectivity index (χ3v) is 3.23. The van der Waals surface area contributed by atoms with Gasteiger partial charge in [-0.1, -0.05) is 19.0 Å². The largest absolute Gasteiger partial charge is 0.497 e. The van der Waals surface area contributed by atoms with Crippen molar-refractivity contribution in [3.63, 3.8) is 0 Å². The lowest BCUT2D eigenvalue weighted by molar-refractivity contribution is 0.410. The lowest BCUT2D eigenvalue weighted by Crippen LogP contribution is -2.22. The molecule has 1 aromatic carbocycles. The summed E-state index contributed by atoms with van der Waals surface area (Å²) >= 11 is 3.47. The lowest BCUT2D eigenvalue weighted by Gasteiger charge is -2.04. The molecule has 1 aromatic heterocycles. The predicted molar refractivity (Wildman–Crippen MR) is 76.0 cm³/mol. The molecule has 0 aliphatic heterocycles. The molecule has 102 valence electrons. The van der Waals surface area contributed by atoms with Gasteiger partial charge in [-0.15, -0.1) is 0 Å². The van der Waals surface area contributed by atoms with Crippen LogP contribution in [-0.4, -0.2) is 23.3 Å². The summed E-state index contributed by atoms with van der Waals surface area (Å²) in [5, 5.41) is 7.19. The number of ether oxygens (including phenoxy) is 1. The van der Waals surface area contributed by atoms with Crippen molar-refractivity contribution in [3.8, 4) is 17.2 Å². The maximum absolute atomic E-state index is 5.28. The Labute approximate surface area is 120 Å². The number of halogens is 1. The van der Waals surface area contributed by atoms with Crippen LogP contribution in [0.2, 0.25) is 0 Å². The Balaban J connectivity index is 2.22. The van der Waals surface area contributed by atoms with Gasteiger partial charge in [0, 0.05) is 10.5 Å². The van der Waals surface area contributed by atoms with Crippen LogP contribution < -0.4 is 10.1 Å². The SMILES string of the molecule is COc1ccc(Br)c(-c2nc(CNC(C)C)no2)c1. The highest BCUT2D eigenvalue weighted by Gasteiger charge is 2.13. The van der Waals surface area contributed by atoms with Crippen LogP contribution >= 0.6 is 15.9 Å². The summed E-state index contributed by atoms with van der Waals surface area (Å²) in [6, 6.07) is 6.00. The molecule has 0 bridgehead atoms. The van der Waals surface area contributed by atoms with Gasteiger partial charge >= 0.3 is 0 Å². The fraction of sp³-hybridized carbons (Fsp3) is 0.385. The van der Waals surface area contributed by atoms with E-state index in [9.17, 15) is 0 Å². The molecule has 0 aliphatic rings. The van der Waals surface area contributed by atoms with Gasteiger partial charge in [0.05, 0.1) is 19.2 Å². The van der Waals surface area contributed by atoms with Crippen molar-refractivity contribution in [1.29, 1.82) is 0 Å². The fourth-order valence-electron chi connectivity index (χ4n) is 1.53. The summed E-state index contributed by atoms with van der Waals surface area (Å²) in [5.41, 5.74) is 0.822. The fourth-order valence-corrected chi connectivity index (χ4v) is 1.94. The van der Waals surface area contributed by atoms with E-state index in [1.807, 2.05) is 18.2 Å². The second kappa shape index (κ2) is 6.16. The first-order valence-corrected chi connectivity index (χ1v) is 6.79. The Morgan fingerprint density at radius 1 is 1.42 bits per heavy atom. The van der Waals surface area contributed by atoms with Gasteiger partial charge in [0.15, 0.2) is 5.82 Å². The molecule has 6 heteroatoms. The van der Waals surface area contributed by atoms with Gasteiger partial charge in [-0.25, -0.2) is 0 Å². The van der Waals surface area contributed by atoms with E-state index in [0.717, 1.165) is 15.8 Å². The molecule has 0 aliphatic carbocycles. The Kier molecular flexibility index (Phi) is 4.55. The minimum Gasteiger partial charge on any atom is -0.497 e. The number of rotatable bonds is 5. The minimum absolute atomic E-state index is 0.380. The number of methoxy groups -OCH3 is 1. The summed E-state index contributed by atoms with van der Waals surface area (Å²) in [5.74, 6) is 1.86. The number of hydrogen-bond acceptors (Lipinski definition) is 5. The Hall–Kier alpha value is -1.40. The first-order chi connectivity index (χ1) is 9.10. The van der Waals surface area contributed by atoms with E-state index in [4.69, 9.17) is 9.26 Å². The van der Waals surface area contributed by atoms with Gasteiger partial charge in [-0.2, -0.15) is 4.98 Å². The third-order valence-electron chi connectivity index (χ3n) is 2.54. The van der Waals surface area contributed by atoms with E-state index in [-0.39, 0.29) is 0 Å². The second-order valence-electron chi connectivity index (χ2n) is 4.40. The monoisotopic (exact) mass is 325 g/mol. The molecule has 0 fully saturated rings. The first kappa shape index (κ1) is 14.0. The number of benzene rings is 1. The molecule has 1 N–H and O–H groups in total. The standard InChI is InChI=1S/C13H16BrN3O2/c1-8(2)15-7-12-16-13(19-17-12)10-6-9(18-3)4-5-11(10)14/h4-6,8,15H,7H2,1-3H3. The molecule has 1 heterocycles. The Morgan fingerprint density at radius 3 is 2.89 bits per heavy atom. The van der Waals surface area contributed by atoms with E-state index < -0.39 is 0 Å². The molecule has 0 unspecified atom stereocenters. The minimum atomic E-state index is 0.380. The Morgan fingerprint density at radius 2 is 2.21 bits per heavy atom. The highest BCUT2D eigenvalue weighted by atomic mass is 79.9. The molecule has 19 heavy (non-hydrogen) atoms. The van der Waals surface area contributed by atoms with Crippen LogP contribution in [0.5, 0.6) is 5.75 Å². The zero-order valence-electron chi connectivity index (χ0n) is 11.1. The first-order valence-electron chi connectivity index (χ1n) is 6.00. The zero-order chi connectivity index (χ0) is 13.8. The summed E-state index contributed by atoms with van der Waals surface area (Å²) in [4.78, 5) is 4.36. The van der Waals surface area contributed by atoms with Crippen LogP contribution in [0.25, 0.3) is 11.5 Å². The molecule has 5 nitrogen and oxygen atoms in total. The molecule has 0 spiro atoms. The topological polar surface area (TPSA) is 60.2 Å². The van der Waals surface area contributed by atoms with E-state index in [2.05, 4.69) is 45.2 Å². The van der Waals surface area contributed by atoms with Crippen LogP contribution in [-0.2, 0) is 6.54 Å². The van der Waals surface area contributed by atoms with Crippen molar-refractivity contribution in [1.82, 2.24) is 15.5 Å². The average Bonchev–Trinajstić information content (AvgIpc) is 2.85. The molecular weight excluding hydrogens is 310 g/mol. The van der Waals surface area contributed by atoms with Crippen LogP contribution in [0.3, 0.4) is 0 Å². The summed E-state index contributed by atoms with van der Waals surface area (Å²) in [6.07, 6.45) is 0. The normalized spacial score (nSPS) is 11.0. The van der Waals surface area contributed by atoms with Gasteiger partial charge in [-0.3, -0.25) is 0 Å². The molecule has 2 rings (SSSR count). The maximum Gasteiger partial charge on any atom is 0.259 e. The molecular formula is C13H16BrN3O2. The third kappa shape index (κ3) is 3.54. The van der Waals surface area contributed by atoms with Crippen LogP contribution in [0, 0.1) is 0 Å². The predicted octanol–water partition coefficient (Wildman–Crippen LogP) is 3.01. The van der Waals surface area contributed by atoms with Crippen molar-refractivity contribution in [2.75, 3.05) is 7.11 Å². The molecule has 0 atom stereocenters. The Bertz CT molecular complexity index is 555. The smallest absolute Gasteiger partial charge is 0.259 e. The van der Waals surface area contributed by atoms with Crippen molar-refractivity contribution in [3.05, 3.63) is 28.5 Å². The van der Waals surface area contributed by atoms with Gasteiger partial charge < -0.3 is 14.6 Å². The summed E-state index contributed by atoms with van der Waals surface area (Å²) in [7, 11) is 1.62. The van der Waals surface area contributed by atoms with Crippen LogP contribution in [0.1, 0.15) is 19.7 Å². The summed E-state index contributed by atoms with van der Waals surface area (Å²) in [6.45, 7) is 4.72. The molecule has 0 saturated carbocycles. The van der Waals surface area contributed by atoms with Gasteiger partial charge in [-0.05, 0) is 34.1 Å². The van der Waals surface area contributed by atoms with E-state index in [0.29, 0.717) is 24.3 Å². The molecule has 2 aromatic rings. The van der Waals surface area contributed by atoms with Crippen molar-refractivity contribution >= 4 is 15.9 Å². The number of nitrogens with zero attached hydrogens (tertiary/aromatic N) is 2. The number of hydrogen-bond donors (Lipinski definition) is 1. The van der Waals surface area contributed by atoms with E-state index in [1.165, 1.54) is 0 Å². The van der Waals surface area contributed by atoms with Crippen molar-refractivity contribution in [2.24, 2.45) is 0 Å². The summed E-state index contributed by atoms with van der Waals surface area (Å²) < 4.78 is 11.4. The van der Waals surface area contributed by atoms with Crippen LogP contribution in [0.4, 0.5) is 0 Å². The average molecular weight is 326 g/mol. The van der Waals surface area contributed by atoms with Crippen LogP contribution in [0.15, 0.2) is 27.2 Å². The molecule has 0 saturated heterocycles. The highest BCUT2D eigenvalue weighted by molar-refractivity contribution is 9.10. The van der Waals surface area contributed by atoms with Gasteiger partial charge in [0.1, 0.15) is 5.75 Å². The zero-order valence-corrected chi connectivity index (χ0v) is 12.7. The number of aromatic nitrogens is 2. The lowest BCUT2D eigenvalue weighted by atomic mass is 10.2. The van der Waals surface area contributed by atoms with E-state index in [1.54, 1.807) is 7.11 Å². The molecule has 0 radical (unpaired) electrons. The van der Waals surface area contributed by atoms with Crippen molar-refractivity contribution in [2.45, 2.75) is 26.4 Å². The number of nitrogens with one attached hydrogen (secondary N) is 1. The van der Waals surface area contributed by atoms with Crippen molar-refractivity contribution < 1.29 is 9.26 Å². The highest BCUT2D eigenvalue weighted by Crippen LogP contribution is 2.30. The quantitative estimate of drug-likeness (QED) is 0.915. The molecule has 0 amide bonds. The van der Waals surface area contributed by atoms with Gasteiger partial charge in [0.2, 0.25) is 0 Å². The van der Waals surface area contributed by atoms with Gasteiger partial charge in [0.25, 0.3) is 5.89 Å². The van der Waals surface area contributed by atoms with E-state index >= 15 is 0 Å². The maximum atomic E-state index is 5.28. The second-order valence-corrected chi connectivity index (χ2v) is 5.25.